The third-order valence-corrected chi connectivity index (χ3v) is 12.1. The molecule has 0 spiro atoms. The first kappa shape index (κ1) is 31.9. The zero-order valence-corrected chi connectivity index (χ0v) is 31.1. The van der Waals surface area contributed by atoms with Crippen LogP contribution in [0, 0.1) is 0 Å². The fraction of sp³-hybridized carbons (Fsp3) is 0. The Morgan fingerprint density at radius 2 is 0.912 bits per heavy atom. The first-order valence-electron chi connectivity index (χ1n) is 18.9. The molecule has 0 N–H and O–H groups in total. The second-order valence-electron chi connectivity index (χ2n) is 14.3. The molecule has 0 fully saturated rings. The first-order valence-corrected chi connectivity index (χ1v) is 19.7. The van der Waals surface area contributed by atoms with Crippen molar-refractivity contribution < 1.29 is 8.83 Å². The SMILES string of the molecule is c1ccc(-c2nc(-c3ccccc3)nc(-c3cccc4oc5c(-c6cc(-c7cccc8sc9ccccc9c78)cc7oc8ccccc8c67)cccc5c34)n2)cc1. The predicted octanol–water partition coefficient (Wildman–Crippen LogP) is 14.4. The molecule has 0 amide bonds. The minimum Gasteiger partial charge on any atom is -0.456 e. The van der Waals surface area contributed by atoms with E-state index < -0.39 is 0 Å². The largest absolute Gasteiger partial charge is 0.456 e. The summed E-state index contributed by atoms with van der Waals surface area (Å²) >= 11 is 1.83. The van der Waals surface area contributed by atoms with Crippen LogP contribution in [0.25, 0.3) is 120 Å². The molecule has 0 aliphatic rings. The molecule has 0 saturated heterocycles. The molecule has 12 aromatic rings. The maximum atomic E-state index is 6.93. The zero-order valence-electron chi connectivity index (χ0n) is 30.3. The molecule has 8 aromatic carbocycles. The Balaban J connectivity index is 1.12. The lowest BCUT2D eigenvalue weighted by Gasteiger charge is -2.11. The number of nitrogens with zero attached hydrogens (tertiary/aromatic N) is 3. The summed E-state index contributed by atoms with van der Waals surface area (Å²) in [6.07, 6.45) is 0. The van der Waals surface area contributed by atoms with E-state index in [1.54, 1.807) is 0 Å². The molecule has 4 heterocycles. The summed E-state index contributed by atoms with van der Waals surface area (Å²) in [5.41, 5.74) is 10.3. The zero-order chi connectivity index (χ0) is 37.5. The Morgan fingerprint density at radius 3 is 1.72 bits per heavy atom. The van der Waals surface area contributed by atoms with Gasteiger partial charge in [0.25, 0.3) is 0 Å². The monoisotopic (exact) mass is 747 g/mol. The lowest BCUT2D eigenvalue weighted by atomic mass is 9.92. The van der Waals surface area contributed by atoms with Crippen LogP contribution in [0.5, 0.6) is 0 Å². The minimum atomic E-state index is 0.586. The van der Waals surface area contributed by atoms with Gasteiger partial charge in [-0.05, 0) is 53.1 Å². The highest BCUT2D eigenvalue weighted by molar-refractivity contribution is 7.25. The number of thiophene rings is 1. The Hall–Kier alpha value is -7.41. The van der Waals surface area contributed by atoms with Gasteiger partial charge in [0.1, 0.15) is 22.3 Å². The molecule has 0 unspecified atom stereocenters. The average Bonchev–Trinajstić information content (AvgIpc) is 3.98. The van der Waals surface area contributed by atoms with Crippen molar-refractivity contribution in [1.82, 2.24) is 15.0 Å². The van der Waals surface area contributed by atoms with Gasteiger partial charge in [-0.15, -0.1) is 11.3 Å². The van der Waals surface area contributed by atoms with Crippen LogP contribution in [0.15, 0.2) is 185 Å². The third kappa shape index (κ3) is 5.04. The molecule has 266 valence electrons. The van der Waals surface area contributed by atoms with Crippen LogP contribution in [0.4, 0.5) is 0 Å². The first-order chi connectivity index (χ1) is 28.2. The molecular formula is C51H29N3O2S. The molecule has 0 aliphatic heterocycles. The lowest BCUT2D eigenvalue weighted by Crippen LogP contribution is -2.00. The highest BCUT2D eigenvalue weighted by Gasteiger charge is 2.23. The van der Waals surface area contributed by atoms with Gasteiger partial charge in [-0.2, -0.15) is 0 Å². The quantitative estimate of drug-likeness (QED) is 0.175. The van der Waals surface area contributed by atoms with Crippen molar-refractivity contribution in [2.24, 2.45) is 0 Å². The van der Waals surface area contributed by atoms with Crippen LogP contribution in [0.1, 0.15) is 0 Å². The van der Waals surface area contributed by atoms with Crippen molar-refractivity contribution >= 4 is 75.4 Å². The molecule has 6 heteroatoms. The van der Waals surface area contributed by atoms with Crippen LogP contribution in [-0.2, 0) is 0 Å². The second kappa shape index (κ2) is 12.6. The van der Waals surface area contributed by atoms with E-state index in [0.29, 0.717) is 17.5 Å². The van der Waals surface area contributed by atoms with Crippen molar-refractivity contribution in [1.29, 1.82) is 0 Å². The fourth-order valence-corrected chi connectivity index (χ4v) is 9.54. The predicted molar refractivity (Wildman–Crippen MR) is 234 cm³/mol. The molecule has 0 bridgehead atoms. The van der Waals surface area contributed by atoms with Gasteiger partial charge in [0.05, 0.1) is 0 Å². The average molecular weight is 748 g/mol. The Bertz CT molecular complexity index is 3470. The highest BCUT2D eigenvalue weighted by Crippen LogP contribution is 2.47. The second-order valence-corrected chi connectivity index (χ2v) is 15.4. The van der Waals surface area contributed by atoms with Gasteiger partial charge in [0, 0.05) is 64.0 Å². The number of para-hydroxylation sites is 2. The highest BCUT2D eigenvalue weighted by atomic mass is 32.1. The molecule has 0 atom stereocenters. The van der Waals surface area contributed by atoms with Crippen LogP contribution < -0.4 is 0 Å². The standard InChI is InChI=1S/C51H29N3O2S/c1-3-14-30(15-4-1)49-52-50(31-16-5-2-6-17-31)54-51(53-49)38-23-12-25-41-46(38)37-22-11-21-34(48(37)56-41)39-28-32(29-42-45(39)35-18-7-9-24-40(35)55-42)33-20-13-27-44-47(33)36-19-8-10-26-43(36)57-44/h1-29H. The summed E-state index contributed by atoms with van der Waals surface area (Å²) < 4.78 is 16.1. The topological polar surface area (TPSA) is 65.0 Å². The number of benzene rings is 8. The van der Waals surface area contributed by atoms with E-state index in [2.05, 4.69) is 91.0 Å². The summed E-state index contributed by atoms with van der Waals surface area (Å²) in [6.45, 7) is 0. The molecule has 12 rings (SSSR count). The molecule has 0 aliphatic carbocycles. The number of hydrogen-bond donors (Lipinski definition) is 0. The summed E-state index contributed by atoms with van der Waals surface area (Å²) in [6, 6.07) is 60.8. The van der Waals surface area contributed by atoms with Crippen LogP contribution in [0.3, 0.4) is 0 Å². The molecular weight excluding hydrogens is 719 g/mol. The number of furan rings is 2. The Kier molecular flexibility index (Phi) is 7.03. The fourth-order valence-electron chi connectivity index (χ4n) is 8.41. The number of aromatic nitrogens is 3. The minimum absolute atomic E-state index is 0.586. The van der Waals surface area contributed by atoms with Gasteiger partial charge in [-0.3, -0.25) is 0 Å². The van der Waals surface area contributed by atoms with E-state index in [-0.39, 0.29) is 0 Å². The molecule has 5 nitrogen and oxygen atoms in total. The van der Waals surface area contributed by atoms with Crippen LogP contribution in [-0.4, -0.2) is 15.0 Å². The van der Waals surface area contributed by atoms with Crippen molar-refractivity contribution in [3.63, 3.8) is 0 Å². The number of rotatable bonds is 5. The van der Waals surface area contributed by atoms with Crippen molar-refractivity contribution in [3.05, 3.63) is 176 Å². The molecule has 4 aromatic heterocycles. The van der Waals surface area contributed by atoms with E-state index in [1.165, 1.54) is 25.7 Å². The summed E-state index contributed by atoms with van der Waals surface area (Å²) in [4.78, 5) is 15.1. The lowest BCUT2D eigenvalue weighted by molar-refractivity contribution is 0.669. The normalized spacial score (nSPS) is 11.9. The molecule has 0 saturated carbocycles. The summed E-state index contributed by atoms with van der Waals surface area (Å²) in [5.74, 6) is 1.82. The third-order valence-electron chi connectivity index (χ3n) is 10.9. The van der Waals surface area contributed by atoms with Crippen LogP contribution in [0.2, 0.25) is 0 Å². The van der Waals surface area contributed by atoms with Crippen molar-refractivity contribution in [3.8, 4) is 56.4 Å². The van der Waals surface area contributed by atoms with E-state index in [4.69, 9.17) is 23.8 Å². The van der Waals surface area contributed by atoms with E-state index in [1.807, 2.05) is 96.3 Å². The van der Waals surface area contributed by atoms with Crippen molar-refractivity contribution in [2.45, 2.75) is 0 Å². The van der Waals surface area contributed by atoms with Gasteiger partial charge < -0.3 is 8.83 Å². The maximum absolute atomic E-state index is 6.93. The smallest absolute Gasteiger partial charge is 0.164 e. The summed E-state index contributed by atoms with van der Waals surface area (Å²) in [7, 11) is 0. The van der Waals surface area contributed by atoms with Gasteiger partial charge in [0.15, 0.2) is 17.5 Å². The van der Waals surface area contributed by atoms with Gasteiger partial charge in [0.2, 0.25) is 0 Å². The Morgan fingerprint density at radius 1 is 0.333 bits per heavy atom. The van der Waals surface area contributed by atoms with E-state index >= 15 is 0 Å². The van der Waals surface area contributed by atoms with Gasteiger partial charge in [-0.25, -0.2) is 15.0 Å². The number of fused-ring (bicyclic) bond motifs is 9. The maximum Gasteiger partial charge on any atom is 0.164 e. The molecule has 57 heavy (non-hydrogen) atoms. The Labute approximate surface area is 330 Å². The number of hydrogen-bond acceptors (Lipinski definition) is 6. The van der Waals surface area contributed by atoms with Crippen LogP contribution >= 0.6 is 11.3 Å². The van der Waals surface area contributed by atoms with E-state index in [9.17, 15) is 0 Å². The van der Waals surface area contributed by atoms with Gasteiger partial charge >= 0.3 is 0 Å². The van der Waals surface area contributed by atoms with Gasteiger partial charge in [-0.1, -0.05) is 140 Å². The summed E-state index contributed by atoms with van der Waals surface area (Å²) in [5, 5.41) is 6.58. The van der Waals surface area contributed by atoms with Crippen molar-refractivity contribution in [2.75, 3.05) is 0 Å². The molecule has 0 radical (unpaired) electrons. The van der Waals surface area contributed by atoms with E-state index in [0.717, 1.165) is 77.3 Å².